The Morgan fingerprint density at radius 1 is 1.04 bits per heavy atom. The van der Waals surface area contributed by atoms with E-state index in [0.29, 0.717) is 11.1 Å². The molecule has 0 unspecified atom stereocenters. The van der Waals surface area contributed by atoms with Crippen LogP contribution in [0.4, 0.5) is 0 Å². The fourth-order valence-electron chi connectivity index (χ4n) is 2.83. The van der Waals surface area contributed by atoms with Crippen molar-refractivity contribution < 1.29 is 30.0 Å². The molecule has 4 N–H and O–H groups in total. The van der Waals surface area contributed by atoms with Crippen molar-refractivity contribution in [3.63, 3.8) is 0 Å². The molecule has 0 amide bonds. The van der Waals surface area contributed by atoms with Gasteiger partial charge in [0.25, 0.3) is 0 Å². The van der Waals surface area contributed by atoms with Gasteiger partial charge < -0.3 is 25.2 Å². The first-order chi connectivity index (χ1) is 10.7. The number of carbonyl (C=O) groups is 1. The highest BCUT2D eigenvalue weighted by atomic mass is 16.6. The molecule has 1 atom stereocenters. The first-order valence-electron chi connectivity index (χ1n) is 7.06. The van der Waals surface area contributed by atoms with E-state index in [4.69, 9.17) is 4.74 Å². The molecule has 0 saturated heterocycles. The number of fused-ring (bicyclic) bond motifs is 1. The minimum atomic E-state index is -1.61. The lowest BCUT2D eigenvalue weighted by atomic mass is 9.91. The van der Waals surface area contributed by atoms with Crippen LogP contribution >= 0.6 is 0 Å². The number of aromatic hydroxyl groups is 3. The van der Waals surface area contributed by atoms with Gasteiger partial charge in [0, 0.05) is 19.1 Å². The zero-order chi connectivity index (χ0) is 16.8. The van der Waals surface area contributed by atoms with Crippen LogP contribution in [0, 0.1) is 0 Å². The number of rotatable bonds is 2. The zero-order valence-electron chi connectivity index (χ0n) is 12.4. The Bertz CT molecular complexity index is 774. The zero-order valence-corrected chi connectivity index (χ0v) is 12.4. The number of carbonyl (C=O) groups excluding carboxylic acids is 1. The quantitative estimate of drug-likeness (QED) is 0.675. The highest BCUT2D eigenvalue weighted by Gasteiger charge is 2.36. The maximum Gasteiger partial charge on any atom is 0.212 e. The lowest BCUT2D eigenvalue weighted by Crippen LogP contribution is -2.39. The van der Waals surface area contributed by atoms with Crippen molar-refractivity contribution in [2.75, 3.05) is 0 Å². The van der Waals surface area contributed by atoms with Gasteiger partial charge in [0.15, 0.2) is 5.78 Å². The normalized spacial score (nSPS) is 20.0. The third-order valence-electron chi connectivity index (χ3n) is 3.62. The molecule has 0 aliphatic carbocycles. The van der Waals surface area contributed by atoms with E-state index < -0.39 is 5.79 Å². The van der Waals surface area contributed by atoms with Crippen LogP contribution in [0.1, 0.15) is 34.8 Å². The lowest BCUT2D eigenvalue weighted by molar-refractivity contribution is -0.123. The Morgan fingerprint density at radius 2 is 1.65 bits per heavy atom. The van der Waals surface area contributed by atoms with Gasteiger partial charge in [-0.3, -0.25) is 4.79 Å². The molecule has 0 radical (unpaired) electrons. The van der Waals surface area contributed by atoms with Crippen LogP contribution in [0.2, 0.25) is 0 Å². The summed E-state index contributed by atoms with van der Waals surface area (Å²) in [7, 11) is 0. The topological polar surface area (TPSA) is 107 Å². The average Bonchev–Trinajstić information content (AvgIpc) is 2.33. The van der Waals surface area contributed by atoms with E-state index in [-0.39, 0.29) is 47.2 Å². The molecule has 1 aliphatic heterocycles. The van der Waals surface area contributed by atoms with Gasteiger partial charge in [-0.15, -0.1) is 0 Å². The van der Waals surface area contributed by atoms with E-state index in [9.17, 15) is 25.2 Å². The summed E-state index contributed by atoms with van der Waals surface area (Å²) in [6, 6.07) is 6.83. The van der Waals surface area contributed by atoms with Gasteiger partial charge in [-0.25, -0.2) is 0 Å². The van der Waals surface area contributed by atoms with Crippen molar-refractivity contribution in [1.82, 2.24) is 0 Å². The van der Waals surface area contributed by atoms with Crippen molar-refractivity contribution in [2.45, 2.75) is 25.6 Å². The molecule has 0 aromatic heterocycles. The number of aliphatic hydroxyl groups is 1. The molecule has 6 nitrogen and oxygen atoms in total. The number of hydrogen-bond donors (Lipinski definition) is 4. The van der Waals surface area contributed by atoms with E-state index in [1.807, 2.05) is 0 Å². The summed E-state index contributed by atoms with van der Waals surface area (Å²) in [5.41, 5.74) is 1.35. The molecule has 0 fully saturated rings. The van der Waals surface area contributed by atoms with Gasteiger partial charge in [-0.05, 0) is 35.7 Å². The summed E-state index contributed by atoms with van der Waals surface area (Å²) >= 11 is 0. The molecule has 6 heteroatoms. The Balaban J connectivity index is 2.07. The first-order valence-corrected chi connectivity index (χ1v) is 7.06. The van der Waals surface area contributed by atoms with Gasteiger partial charge in [-0.1, -0.05) is 0 Å². The molecule has 2 aromatic carbocycles. The molecular weight excluding hydrogens is 300 g/mol. The molecule has 0 bridgehead atoms. The van der Waals surface area contributed by atoms with Crippen LogP contribution in [0.3, 0.4) is 0 Å². The molecule has 23 heavy (non-hydrogen) atoms. The maximum atomic E-state index is 12.3. The highest BCUT2D eigenvalue weighted by Crippen LogP contribution is 2.38. The summed E-state index contributed by atoms with van der Waals surface area (Å²) in [5, 5.41) is 38.9. The Hall–Kier alpha value is -2.73. The second kappa shape index (κ2) is 5.17. The van der Waals surface area contributed by atoms with E-state index in [1.54, 1.807) is 0 Å². The molecule has 1 aliphatic rings. The summed E-state index contributed by atoms with van der Waals surface area (Å²) in [4.78, 5) is 12.3. The molecule has 0 saturated carbocycles. The molecule has 2 aromatic rings. The largest absolute Gasteiger partial charge is 0.508 e. The molecule has 3 rings (SSSR count). The summed E-state index contributed by atoms with van der Waals surface area (Å²) in [6.07, 6.45) is 0.0129. The van der Waals surface area contributed by atoms with E-state index in [0.717, 1.165) is 0 Å². The van der Waals surface area contributed by atoms with Crippen molar-refractivity contribution in [1.29, 1.82) is 0 Å². The minimum absolute atomic E-state index is 0.0977. The molecule has 120 valence electrons. The van der Waals surface area contributed by atoms with E-state index >= 15 is 0 Å². The van der Waals surface area contributed by atoms with Gasteiger partial charge in [0.05, 0.1) is 12.0 Å². The highest BCUT2D eigenvalue weighted by molar-refractivity contribution is 6.02. The Kier molecular flexibility index (Phi) is 3.41. The molecule has 1 heterocycles. The molecular formula is C17H16O6. The van der Waals surface area contributed by atoms with Crippen LogP contribution in [0.25, 0.3) is 0 Å². The number of phenolic OH excluding ortho intramolecular Hbond substituents is 3. The predicted molar refractivity (Wildman–Crippen MR) is 80.9 cm³/mol. The SMILES string of the molecule is C[C@@]1(O)CC(=O)c2c(Cc3cc(O)cc(O)c3)cc(O)cc2O1. The minimum Gasteiger partial charge on any atom is -0.508 e. The van der Waals surface area contributed by atoms with Crippen LogP contribution in [-0.2, 0) is 6.42 Å². The fraction of sp³-hybridized carbons (Fsp3) is 0.235. The number of hydrogen-bond acceptors (Lipinski definition) is 6. The van der Waals surface area contributed by atoms with Crippen LogP contribution < -0.4 is 4.74 Å². The average molecular weight is 316 g/mol. The number of ketones is 1. The monoisotopic (exact) mass is 316 g/mol. The third-order valence-corrected chi connectivity index (χ3v) is 3.62. The van der Waals surface area contributed by atoms with Crippen molar-refractivity contribution in [3.05, 3.63) is 47.0 Å². The predicted octanol–water partition coefficient (Wildman–Crippen LogP) is 2.07. The van der Waals surface area contributed by atoms with Gasteiger partial charge in [0.2, 0.25) is 5.79 Å². The number of phenols is 3. The van der Waals surface area contributed by atoms with Crippen molar-refractivity contribution in [2.24, 2.45) is 0 Å². The van der Waals surface area contributed by atoms with Crippen LogP contribution in [-0.4, -0.2) is 32.0 Å². The lowest BCUT2D eigenvalue weighted by Gasteiger charge is -2.31. The smallest absolute Gasteiger partial charge is 0.212 e. The Labute approximate surface area is 132 Å². The first kappa shape index (κ1) is 15.2. The summed E-state index contributed by atoms with van der Waals surface area (Å²) < 4.78 is 5.37. The van der Waals surface area contributed by atoms with Gasteiger partial charge in [-0.2, -0.15) is 0 Å². The van der Waals surface area contributed by atoms with E-state index in [2.05, 4.69) is 0 Å². The van der Waals surface area contributed by atoms with Crippen LogP contribution in [0.5, 0.6) is 23.0 Å². The van der Waals surface area contributed by atoms with Crippen molar-refractivity contribution in [3.8, 4) is 23.0 Å². The number of Topliss-reactive ketones (excluding diaryl/α,β-unsaturated/α-hetero) is 1. The number of ether oxygens (including phenoxy) is 1. The summed E-state index contributed by atoms with van der Waals surface area (Å²) in [5.74, 6) is -2.09. The molecule has 0 spiro atoms. The van der Waals surface area contributed by atoms with Crippen molar-refractivity contribution >= 4 is 5.78 Å². The van der Waals surface area contributed by atoms with Gasteiger partial charge >= 0.3 is 0 Å². The third kappa shape index (κ3) is 3.07. The van der Waals surface area contributed by atoms with Gasteiger partial charge in [0.1, 0.15) is 23.0 Å². The Morgan fingerprint density at radius 3 is 2.30 bits per heavy atom. The summed E-state index contributed by atoms with van der Waals surface area (Å²) in [6.45, 7) is 1.38. The second-order valence-electron chi connectivity index (χ2n) is 5.89. The van der Waals surface area contributed by atoms with E-state index in [1.165, 1.54) is 37.3 Å². The second-order valence-corrected chi connectivity index (χ2v) is 5.89. The maximum absolute atomic E-state index is 12.3. The van der Waals surface area contributed by atoms with Crippen LogP contribution in [0.15, 0.2) is 30.3 Å². The number of benzene rings is 2. The standard InChI is InChI=1S/C17H16O6/c1-17(22)8-14(21)16-10(5-13(20)7-15(16)23-17)2-9-3-11(18)6-12(19)4-9/h3-7,18-20,22H,2,8H2,1H3/t17-/m0/s1. The fourth-order valence-corrected chi connectivity index (χ4v) is 2.83.